The summed E-state index contributed by atoms with van der Waals surface area (Å²) in [6.45, 7) is 10.1. The Morgan fingerprint density at radius 3 is 2.36 bits per heavy atom. The number of ether oxygens (including phenoxy) is 5. The summed E-state index contributed by atoms with van der Waals surface area (Å²) in [6.07, 6.45) is 1.82. The third-order valence-electron chi connectivity index (χ3n) is 5.95. The van der Waals surface area contributed by atoms with Gasteiger partial charge in [0.25, 0.3) is 5.91 Å². The van der Waals surface area contributed by atoms with E-state index in [0.717, 1.165) is 28.6 Å². The van der Waals surface area contributed by atoms with Gasteiger partial charge in [0.15, 0.2) is 16.6 Å². The Balaban J connectivity index is 1.81. The molecule has 2 heterocycles. The molecule has 2 aromatic carbocycles. The van der Waals surface area contributed by atoms with Crippen LogP contribution >= 0.6 is 11.3 Å². The van der Waals surface area contributed by atoms with Crippen molar-refractivity contribution in [2.75, 3.05) is 45.0 Å². The van der Waals surface area contributed by atoms with Crippen molar-refractivity contribution in [3.05, 3.63) is 35.4 Å². The maximum atomic E-state index is 14.1. The molecule has 36 heavy (non-hydrogen) atoms. The number of benzene rings is 2. The average Bonchev–Trinajstić information content (AvgIpc) is 3.55. The fourth-order valence-electron chi connectivity index (χ4n) is 4.29. The SMILES string of the molecule is CCOc1cc(C(=O)N(CC2CCCO2)c2nc3c(OC)ccc(C)c3s2)cc(OCC)c1OCC. The predicted molar refractivity (Wildman–Crippen MR) is 142 cm³/mol. The van der Waals surface area contributed by atoms with E-state index >= 15 is 0 Å². The molecule has 0 radical (unpaired) electrons. The van der Waals surface area contributed by atoms with Gasteiger partial charge in [0.2, 0.25) is 5.75 Å². The number of methoxy groups -OCH3 is 1. The predicted octanol–water partition coefficient (Wildman–Crippen LogP) is 5.64. The first kappa shape index (κ1) is 26.0. The molecule has 4 rings (SSSR count). The van der Waals surface area contributed by atoms with Gasteiger partial charge in [0, 0.05) is 12.2 Å². The molecule has 1 aliphatic heterocycles. The number of hydrogen-bond acceptors (Lipinski definition) is 8. The molecule has 1 fully saturated rings. The molecule has 0 N–H and O–H groups in total. The summed E-state index contributed by atoms with van der Waals surface area (Å²) in [6, 6.07) is 7.36. The fourth-order valence-corrected chi connectivity index (χ4v) is 5.35. The summed E-state index contributed by atoms with van der Waals surface area (Å²) in [5, 5.41) is 0.600. The molecule has 1 aromatic heterocycles. The number of hydrogen-bond donors (Lipinski definition) is 0. The minimum absolute atomic E-state index is 0.0515. The Morgan fingerprint density at radius 1 is 1.08 bits per heavy atom. The highest BCUT2D eigenvalue weighted by Crippen LogP contribution is 2.41. The third-order valence-corrected chi connectivity index (χ3v) is 7.17. The highest BCUT2D eigenvalue weighted by atomic mass is 32.1. The molecular weight excluding hydrogens is 480 g/mol. The Labute approximate surface area is 216 Å². The molecule has 1 unspecified atom stereocenters. The lowest BCUT2D eigenvalue weighted by Crippen LogP contribution is -2.37. The first-order valence-corrected chi connectivity index (χ1v) is 13.3. The van der Waals surface area contributed by atoms with E-state index in [1.807, 2.05) is 39.8 Å². The molecule has 1 aliphatic rings. The summed E-state index contributed by atoms with van der Waals surface area (Å²) >= 11 is 1.48. The van der Waals surface area contributed by atoms with Crippen molar-refractivity contribution in [3.8, 4) is 23.0 Å². The third kappa shape index (κ3) is 5.37. The van der Waals surface area contributed by atoms with E-state index in [1.165, 1.54) is 11.3 Å². The van der Waals surface area contributed by atoms with Gasteiger partial charge in [-0.05, 0) is 64.3 Å². The average molecular weight is 515 g/mol. The Hall–Kier alpha value is -3.04. The maximum Gasteiger partial charge on any atom is 0.260 e. The van der Waals surface area contributed by atoms with Crippen LogP contribution in [0.25, 0.3) is 10.2 Å². The van der Waals surface area contributed by atoms with Crippen molar-refractivity contribution in [2.24, 2.45) is 0 Å². The van der Waals surface area contributed by atoms with Gasteiger partial charge in [-0.25, -0.2) is 4.98 Å². The van der Waals surface area contributed by atoms with E-state index in [0.29, 0.717) is 66.7 Å². The van der Waals surface area contributed by atoms with Gasteiger partial charge >= 0.3 is 0 Å². The molecule has 8 nitrogen and oxygen atoms in total. The number of fused-ring (bicyclic) bond motifs is 1. The number of anilines is 1. The lowest BCUT2D eigenvalue weighted by Gasteiger charge is -2.24. The molecule has 194 valence electrons. The number of rotatable bonds is 11. The van der Waals surface area contributed by atoms with Crippen LogP contribution in [0.5, 0.6) is 23.0 Å². The number of nitrogens with zero attached hydrogens (tertiary/aromatic N) is 2. The van der Waals surface area contributed by atoms with Crippen LogP contribution in [0.1, 0.15) is 49.5 Å². The van der Waals surface area contributed by atoms with Gasteiger partial charge in [-0.15, -0.1) is 0 Å². The zero-order chi connectivity index (χ0) is 25.7. The molecule has 1 saturated heterocycles. The van der Waals surface area contributed by atoms with Gasteiger partial charge in [-0.3, -0.25) is 9.69 Å². The van der Waals surface area contributed by atoms with Crippen molar-refractivity contribution in [1.29, 1.82) is 0 Å². The van der Waals surface area contributed by atoms with Crippen LogP contribution in [-0.2, 0) is 4.74 Å². The molecule has 1 atom stereocenters. The van der Waals surface area contributed by atoms with Crippen molar-refractivity contribution in [2.45, 2.75) is 46.6 Å². The topological polar surface area (TPSA) is 79.4 Å². The van der Waals surface area contributed by atoms with Gasteiger partial charge in [0.05, 0.1) is 44.3 Å². The highest BCUT2D eigenvalue weighted by Gasteiger charge is 2.29. The van der Waals surface area contributed by atoms with Gasteiger partial charge in [-0.2, -0.15) is 0 Å². The van der Waals surface area contributed by atoms with Gasteiger partial charge in [-0.1, -0.05) is 17.4 Å². The Bertz CT molecular complexity index is 1180. The molecule has 1 amide bonds. The summed E-state index contributed by atoms with van der Waals surface area (Å²) in [5.41, 5.74) is 2.27. The number of amides is 1. The van der Waals surface area contributed by atoms with Crippen LogP contribution in [-0.4, -0.2) is 57.1 Å². The summed E-state index contributed by atoms with van der Waals surface area (Å²) in [7, 11) is 1.63. The molecule has 0 saturated carbocycles. The van der Waals surface area contributed by atoms with E-state index in [-0.39, 0.29) is 12.0 Å². The number of aromatic nitrogens is 1. The molecule has 9 heteroatoms. The first-order valence-electron chi connectivity index (χ1n) is 12.4. The number of carbonyl (C=O) groups is 1. The van der Waals surface area contributed by atoms with E-state index < -0.39 is 0 Å². The monoisotopic (exact) mass is 514 g/mol. The van der Waals surface area contributed by atoms with Crippen LogP contribution in [0.15, 0.2) is 24.3 Å². The summed E-state index contributed by atoms with van der Waals surface area (Å²) in [4.78, 5) is 20.6. The molecule has 3 aromatic rings. The standard InChI is InChI=1S/C27H34N2O6S/c1-6-32-21-14-18(15-22(33-7-2)24(21)34-8-3)26(30)29(16-19-10-9-13-35-19)27-28-23-20(31-5)12-11-17(4)25(23)36-27/h11-12,14-15,19H,6-10,13,16H2,1-5H3. The van der Waals surface area contributed by atoms with E-state index in [2.05, 4.69) is 0 Å². The molecular formula is C27H34N2O6S. The second-order valence-corrected chi connectivity index (χ2v) is 9.39. The fraction of sp³-hybridized carbons (Fsp3) is 0.481. The maximum absolute atomic E-state index is 14.1. The normalized spacial score (nSPS) is 15.2. The second kappa shape index (κ2) is 11.8. The van der Waals surface area contributed by atoms with E-state index in [9.17, 15) is 4.79 Å². The zero-order valence-corrected chi connectivity index (χ0v) is 22.4. The quantitative estimate of drug-likeness (QED) is 0.328. The Morgan fingerprint density at radius 2 is 1.78 bits per heavy atom. The lowest BCUT2D eigenvalue weighted by atomic mass is 10.1. The number of carbonyl (C=O) groups excluding carboxylic acids is 1. The van der Waals surface area contributed by atoms with E-state index in [4.69, 9.17) is 28.7 Å². The minimum Gasteiger partial charge on any atom is -0.494 e. The van der Waals surface area contributed by atoms with Crippen LogP contribution < -0.4 is 23.8 Å². The molecule has 0 spiro atoms. The van der Waals surface area contributed by atoms with Crippen molar-refractivity contribution in [3.63, 3.8) is 0 Å². The minimum atomic E-state index is -0.203. The van der Waals surface area contributed by atoms with Gasteiger partial charge < -0.3 is 23.7 Å². The van der Waals surface area contributed by atoms with Crippen LogP contribution in [0.2, 0.25) is 0 Å². The van der Waals surface area contributed by atoms with Crippen molar-refractivity contribution < 1.29 is 28.5 Å². The smallest absolute Gasteiger partial charge is 0.260 e. The second-order valence-electron chi connectivity index (χ2n) is 8.41. The number of thiazole rings is 1. The van der Waals surface area contributed by atoms with Crippen molar-refractivity contribution >= 4 is 32.6 Å². The summed E-state index contributed by atoms with van der Waals surface area (Å²) in [5.74, 6) is 1.94. The summed E-state index contributed by atoms with van der Waals surface area (Å²) < 4.78 is 30.0. The number of aryl methyl sites for hydroxylation is 1. The zero-order valence-electron chi connectivity index (χ0n) is 21.6. The Kier molecular flexibility index (Phi) is 8.53. The lowest BCUT2D eigenvalue weighted by molar-refractivity contribution is 0.0916. The van der Waals surface area contributed by atoms with Crippen LogP contribution in [0.4, 0.5) is 5.13 Å². The van der Waals surface area contributed by atoms with E-state index in [1.54, 1.807) is 24.1 Å². The first-order chi connectivity index (χ1) is 17.5. The largest absolute Gasteiger partial charge is 0.494 e. The van der Waals surface area contributed by atoms with Gasteiger partial charge in [0.1, 0.15) is 11.3 Å². The molecule has 0 aliphatic carbocycles. The molecule has 0 bridgehead atoms. The van der Waals surface area contributed by atoms with Crippen LogP contribution in [0.3, 0.4) is 0 Å². The van der Waals surface area contributed by atoms with Crippen molar-refractivity contribution in [1.82, 2.24) is 4.98 Å². The highest BCUT2D eigenvalue weighted by molar-refractivity contribution is 7.22. The van der Waals surface area contributed by atoms with Crippen LogP contribution in [0, 0.1) is 6.92 Å².